The summed E-state index contributed by atoms with van der Waals surface area (Å²) in [6.07, 6.45) is 0. The van der Waals surface area contributed by atoms with E-state index in [0.717, 1.165) is 28.2 Å². The Morgan fingerprint density at radius 1 is 0.353 bits per heavy atom. The second-order valence-corrected chi connectivity index (χ2v) is 25.6. The van der Waals surface area contributed by atoms with Crippen LogP contribution in [0.1, 0.15) is 5.56 Å². The highest BCUT2D eigenvalue weighted by molar-refractivity contribution is 14.2. The van der Waals surface area contributed by atoms with Gasteiger partial charge in [-0.3, -0.25) is 0 Å². The molecule has 13 rings (SSSR count). The monoisotopic (exact) mass is 997 g/mol. The highest BCUT2D eigenvalue weighted by Gasteiger charge is 2.41. The molecule has 1 aliphatic heterocycles. The Kier molecular flexibility index (Phi) is 9.80. The summed E-state index contributed by atoms with van der Waals surface area (Å²) in [4.78, 5) is 5.50. The maximum Gasteiger partial charge on any atom is 0.179 e. The summed E-state index contributed by atoms with van der Waals surface area (Å²) in [6.45, 7) is 0. The van der Waals surface area contributed by atoms with Gasteiger partial charge in [0, 0.05) is 36.4 Å². The van der Waals surface area contributed by atoms with Crippen LogP contribution in [0.25, 0.3) is 60.4 Å². The maximum atomic E-state index is 5.50. The van der Waals surface area contributed by atoms with Gasteiger partial charge in [-0.25, -0.2) is 4.99 Å². The molecule has 0 N–H and O–H groups in total. The molecule has 68 heavy (non-hydrogen) atoms. The van der Waals surface area contributed by atoms with Gasteiger partial charge in [-0.2, -0.15) is 0 Å². The molecule has 0 saturated carbocycles. The van der Waals surface area contributed by atoms with Crippen molar-refractivity contribution >= 4 is 111 Å². The quantitative estimate of drug-likeness (QED) is 0.0822. The number of fused-ring (bicyclic) bond motifs is 7. The number of nitrogens with zero attached hydrogens (tertiary/aromatic N) is 3. The smallest absolute Gasteiger partial charge is 0.179 e. The fraction of sp³-hybridized carbons (Fsp3) is 0. The van der Waals surface area contributed by atoms with Gasteiger partial charge in [0.25, 0.3) is 0 Å². The minimum Gasteiger partial charge on any atom is -0.309 e. The van der Waals surface area contributed by atoms with Gasteiger partial charge in [-0.15, -0.1) is 0 Å². The first-order valence-electron chi connectivity index (χ1n) is 23.1. The molecule has 0 atom stereocenters. The number of hydrogen-bond acceptors (Lipinski definition) is 1. The maximum absolute atomic E-state index is 5.50. The molecule has 0 aliphatic carbocycles. The van der Waals surface area contributed by atoms with Gasteiger partial charge in [0.1, 0.15) is 9.34 Å². The molecule has 322 valence electrons. The van der Waals surface area contributed by atoms with Crippen molar-refractivity contribution in [1.29, 1.82) is 0 Å². The first-order chi connectivity index (χ1) is 33.7. The lowest BCUT2D eigenvalue weighted by Crippen LogP contribution is -2.74. The van der Waals surface area contributed by atoms with Crippen molar-refractivity contribution in [3.8, 4) is 16.8 Å². The summed E-state index contributed by atoms with van der Waals surface area (Å²) in [7, 11) is -2.87. The third-order valence-corrected chi connectivity index (χ3v) is 23.1. The van der Waals surface area contributed by atoms with E-state index in [0.29, 0.717) is 0 Å². The molecule has 0 unspecified atom stereocenters. The standard InChI is InChI=1S/C63H44IN3Si/c1-64-56-32-18-19-33-57(56)65-62(44-21-7-2-8-22-44)63(64)67-60-39-36-46(45-35-38-59-53(41-45)52-31-17-20-34-58(52)66(59)47-23-9-3-10-24-47)42-54(60)55-43-51(37-40-61(55)67)68(48-25-11-4-12-26-48,49-27-13-5-14-28-49)50-29-15-6-16-30-50/h2-43H,1H2. The van der Waals surface area contributed by atoms with Crippen molar-refractivity contribution < 1.29 is 0 Å². The van der Waals surface area contributed by atoms with Crippen LogP contribution in [0.5, 0.6) is 0 Å². The molecule has 10 aromatic carbocycles. The molecule has 12 aromatic rings. The van der Waals surface area contributed by atoms with Crippen molar-refractivity contribution in [2.45, 2.75) is 0 Å². The number of para-hydroxylation sites is 3. The molecule has 0 amide bonds. The fourth-order valence-corrected chi connectivity index (χ4v) is 19.9. The molecule has 3 nitrogen and oxygen atoms in total. The van der Waals surface area contributed by atoms with Crippen LogP contribution >= 0.6 is 18.9 Å². The molecule has 1 aliphatic rings. The van der Waals surface area contributed by atoms with Crippen molar-refractivity contribution in [3.63, 3.8) is 0 Å². The lowest BCUT2D eigenvalue weighted by Gasteiger charge is -2.34. The minimum atomic E-state index is -2.87. The minimum absolute atomic E-state index is 1.01. The third kappa shape index (κ3) is 6.34. The zero-order valence-corrected chi connectivity index (χ0v) is 40.3. The van der Waals surface area contributed by atoms with E-state index in [1.54, 1.807) is 0 Å². The van der Waals surface area contributed by atoms with Crippen molar-refractivity contribution in [2.24, 2.45) is 4.99 Å². The fourth-order valence-electron chi connectivity index (χ4n) is 10.8. The Bertz CT molecular complexity index is 3920. The number of aliphatic imine (C=N–C) groups is 1. The van der Waals surface area contributed by atoms with E-state index >= 15 is 0 Å². The lowest BCUT2D eigenvalue weighted by atomic mass is 10.0. The Hall–Kier alpha value is -7.84. The van der Waals surface area contributed by atoms with Crippen molar-refractivity contribution in [1.82, 2.24) is 9.13 Å². The van der Waals surface area contributed by atoms with Gasteiger partial charge in [0.15, 0.2) is 8.07 Å². The third-order valence-electron chi connectivity index (χ3n) is 13.8. The normalized spacial score (nSPS) is 13.1. The zero-order chi connectivity index (χ0) is 45.2. The molecular formula is C63H44IN3Si. The number of benzene rings is 10. The summed E-state index contributed by atoms with van der Waals surface area (Å²) >= 11 is -2.32. The summed E-state index contributed by atoms with van der Waals surface area (Å²) in [6, 6.07) is 94.1. The average Bonchev–Trinajstić information content (AvgIpc) is 3.92. The van der Waals surface area contributed by atoms with Gasteiger partial charge >= 0.3 is 0 Å². The lowest BCUT2D eigenvalue weighted by molar-refractivity contribution is 1.18. The van der Waals surface area contributed by atoms with Crippen LogP contribution in [0.4, 0.5) is 5.69 Å². The zero-order valence-electron chi connectivity index (χ0n) is 37.2. The van der Waals surface area contributed by atoms with Crippen LogP contribution in [0, 0.1) is 3.57 Å². The number of aromatic nitrogens is 2. The van der Waals surface area contributed by atoms with Crippen LogP contribution in [0.15, 0.2) is 260 Å². The predicted molar refractivity (Wildman–Crippen MR) is 302 cm³/mol. The highest BCUT2D eigenvalue weighted by atomic mass is 127. The molecule has 2 aromatic heterocycles. The van der Waals surface area contributed by atoms with Crippen molar-refractivity contribution in [3.05, 3.63) is 264 Å². The molecule has 0 saturated heterocycles. The van der Waals surface area contributed by atoms with Gasteiger partial charge in [-0.1, -0.05) is 218 Å². The van der Waals surface area contributed by atoms with E-state index in [4.69, 9.17) is 9.51 Å². The Balaban J connectivity index is 1.12. The van der Waals surface area contributed by atoms with Crippen LogP contribution in [0.3, 0.4) is 0 Å². The van der Waals surface area contributed by atoms with E-state index in [-0.39, 0.29) is 0 Å². The summed E-state index contributed by atoms with van der Waals surface area (Å²) in [5, 5.41) is 10.3. The predicted octanol–water partition coefficient (Wildman–Crippen LogP) is 12.9. The Morgan fingerprint density at radius 3 is 1.43 bits per heavy atom. The summed E-state index contributed by atoms with van der Waals surface area (Å²) < 4.78 is 12.6. The molecule has 0 spiro atoms. The number of hydrogen-bond donors (Lipinski definition) is 0. The topological polar surface area (TPSA) is 22.2 Å². The van der Waals surface area contributed by atoms with Crippen LogP contribution in [0.2, 0.25) is 0 Å². The Morgan fingerprint density at radius 2 is 0.809 bits per heavy atom. The molecule has 0 fully saturated rings. The SMILES string of the molecule is C=I1=C(n2c3ccc(-c4ccc5c(c4)c4ccccc4n5-c4ccccc4)cc3c3cc([Si](c4ccccc4)(c4ccccc4)c4ccccc4)ccc32)C(c2ccccc2)=Nc2ccccc21. The van der Waals surface area contributed by atoms with E-state index < -0.39 is 26.9 Å². The summed E-state index contributed by atoms with van der Waals surface area (Å²) in [5.41, 5.74) is 11.4. The summed E-state index contributed by atoms with van der Waals surface area (Å²) in [5.74, 6) is 0. The van der Waals surface area contributed by atoms with E-state index in [1.165, 1.54) is 77.2 Å². The molecular weight excluding hydrogens is 954 g/mol. The van der Waals surface area contributed by atoms with Crippen LogP contribution in [-0.2, 0) is 0 Å². The first-order valence-corrected chi connectivity index (χ1v) is 28.8. The van der Waals surface area contributed by atoms with Crippen LogP contribution < -0.4 is 20.7 Å². The van der Waals surface area contributed by atoms with Gasteiger partial charge in [0.05, 0.1) is 27.8 Å². The molecule has 3 heterocycles. The highest BCUT2D eigenvalue weighted by Crippen LogP contribution is 2.41. The largest absolute Gasteiger partial charge is 0.309 e. The second kappa shape index (κ2) is 16.5. The van der Waals surface area contributed by atoms with E-state index in [2.05, 4.69) is 264 Å². The molecule has 0 radical (unpaired) electrons. The van der Waals surface area contributed by atoms with Crippen molar-refractivity contribution in [2.75, 3.05) is 0 Å². The van der Waals surface area contributed by atoms with E-state index in [9.17, 15) is 0 Å². The number of rotatable bonds is 8. The molecule has 5 heteroatoms. The van der Waals surface area contributed by atoms with E-state index in [1.807, 2.05) is 0 Å². The van der Waals surface area contributed by atoms with Gasteiger partial charge in [-0.05, 0) is 92.5 Å². The van der Waals surface area contributed by atoms with Gasteiger partial charge in [0.2, 0.25) is 0 Å². The first kappa shape index (κ1) is 40.4. The number of halogens is 1. The van der Waals surface area contributed by atoms with Gasteiger partial charge < -0.3 is 9.13 Å². The average molecular weight is 998 g/mol. The molecule has 0 bridgehead atoms. The van der Waals surface area contributed by atoms with Crippen LogP contribution in [-0.4, -0.2) is 31.1 Å². The Labute approximate surface area is 402 Å². The second-order valence-electron chi connectivity index (χ2n) is 17.5.